The largest absolute Gasteiger partial charge is 0.379 e. The number of ether oxygens (including phenoxy) is 1. The molecule has 2 aliphatic rings. The van der Waals surface area contributed by atoms with Gasteiger partial charge in [0.1, 0.15) is 0 Å². The Kier molecular flexibility index (Phi) is 4.05. The molecule has 1 aliphatic heterocycles. The summed E-state index contributed by atoms with van der Waals surface area (Å²) in [6.07, 6.45) is 8.49. The van der Waals surface area contributed by atoms with Gasteiger partial charge >= 0.3 is 0 Å². The highest BCUT2D eigenvalue weighted by Crippen LogP contribution is 2.26. The van der Waals surface area contributed by atoms with E-state index in [0.29, 0.717) is 17.2 Å². The minimum Gasteiger partial charge on any atom is -0.379 e. The van der Waals surface area contributed by atoms with Crippen molar-refractivity contribution in [3.05, 3.63) is 41.7 Å². The molecule has 1 aliphatic carbocycles. The minimum absolute atomic E-state index is 0.187. The van der Waals surface area contributed by atoms with Crippen molar-refractivity contribution in [3.8, 4) is 0 Å². The number of aromatic nitrogens is 2. The van der Waals surface area contributed by atoms with E-state index in [9.17, 15) is 8.42 Å². The van der Waals surface area contributed by atoms with E-state index in [0.717, 1.165) is 37.9 Å². The molecule has 0 radical (unpaired) electrons. The van der Waals surface area contributed by atoms with Crippen molar-refractivity contribution in [1.29, 1.82) is 0 Å². The van der Waals surface area contributed by atoms with Gasteiger partial charge in [-0.3, -0.25) is 9.40 Å². The molecular weight excluding hydrogens is 326 g/mol. The van der Waals surface area contributed by atoms with Crippen LogP contribution in [0.25, 0.3) is 0 Å². The number of aryl methyl sites for hydroxylation is 2. The van der Waals surface area contributed by atoms with E-state index in [1.54, 1.807) is 23.1 Å². The number of hydrogen-bond acceptors (Lipinski definition) is 4. The predicted octanol–water partition coefficient (Wildman–Crippen LogP) is 2.52. The van der Waals surface area contributed by atoms with Gasteiger partial charge in [0.25, 0.3) is 10.0 Å². The maximum Gasteiger partial charge on any atom is 0.262 e. The van der Waals surface area contributed by atoms with Crippen molar-refractivity contribution in [1.82, 2.24) is 9.78 Å². The predicted molar refractivity (Wildman–Crippen MR) is 90.6 cm³/mol. The number of nitrogens with zero attached hydrogens (tertiary/aromatic N) is 2. The van der Waals surface area contributed by atoms with Crippen LogP contribution in [-0.4, -0.2) is 31.4 Å². The Morgan fingerprint density at radius 1 is 1.21 bits per heavy atom. The van der Waals surface area contributed by atoms with Crippen LogP contribution in [0.5, 0.6) is 0 Å². The molecule has 128 valence electrons. The third-order valence-corrected chi connectivity index (χ3v) is 6.14. The molecule has 0 bridgehead atoms. The van der Waals surface area contributed by atoms with Gasteiger partial charge in [-0.1, -0.05) is 6.07 Å². The zero-order chi connectivity index (χ0) is 16.6. The molecule has 7 heteroatoms. The first-order chi connectivity index (χ1) is 11.6. The highest BCUT2D eigenvalue weighted by Gasteiger charge is 2.21. The lowest BCUT2D eigenvalue weighted by molar-refractivity contribution is 0.184. The molecule has 24 heavy (non-hydrogen) atoms. The molecule has 1 N–H and O–H groups in total. The summed E-state index contributed by atoms with van der Waals surface area (Å²) in [5.74, 6) is 0. The van der Waals surface area contributed by atoms with E-state index in [4.69, 9.17) is 4.74 Å². The van der Waals surface area contributed by atoms with Gasteiger partial charge < -0.3 is 4.74 Å². The summed E-state index contributed by atoms with van der Waals surface area (Å²) in [4.78, 5) is 0.320. The Morgan fingerprint density at radius 2 is 2.04 bits per heavy atom. The highest BCUT2D eigenvalue weighted by molar-refractivity contribution is 7.92. The Labute approximate surface area is 141 Å². The summed E-state index contributed by atoms with van der Waals surface area (Å²) in [6.45, 7) is 1.35. The Bertz CT molecular complexity index is 839. The Hall–Kier alpha value is -1.86. The second-order valence-corrected chi connectivity index (χ2v) is 8.15. The van der Waals surface area contributed by atoms with Crippen molar-refractivity contribution < 1.29 is 13.2 Å². The number of benzene rings is 1. The maximum absolute atomic E-state index is 12.6. The molecule has 1 aromatic heterocycles. The van der Waals surface area contributed by atoms with Crippen LogP contribution in [0.4, 0.5) is 5.69 Å². The van der Waals surface area contributed by atoms with Gasteiger partial charge in [0.2, 0.25) is 0 Å². The summed E-state index contributed by atoms with van der Waals surface area (Å²) in [6, 6.07) is 5.64. The molecule has 0 saturated carbocycles. The number of hydrogen-bond donors (Lipinski definition) is 1. The molecule has 6 nitrogen and oxygen atoms in total. The number of sulfonamides is 1. The summed E-state index contributed by atoms with van der Waals surface area (Å²) in [7, 11) is -3.59. The third kappa shape index (κ3) is 3.06. The number of fused-ring (bicyclic) bond motifs is 1. The first-order valence-corrected chi connectivity index (χ1v) is 9.87. The SMILES string of the molecule is O=S(=O)(Nc1cnn(C2CCOC2)c1)c1ccc2c(c1)CCCC2. The Balaban J connectivity index is 1.55. The van der Waals surface area contributed by atoms with Gasteiger partial charge in [0.05, 0.1) is 29.4 Å². The molecule has 1 aromatic carbocycles. The van der Waals surface area contributed by atoms with Crippen molar-refractivity contribution in [3.63, 3.8) is 0 Å². The normalized spacial score (nSPS) is 20.8. The monoisotopic (exact) mass is 347 g/mol. The van der Waals surface area contributed by atoms with Crippen molar-refractivity contribution >= 4 is 15.7 Å². The van der Waals surface area contributed by atoms with Crippen LogP contribution >= 0.6 is 0 Å². The molecule has 1 fully saturated rings. The van der Waals surface area contributed by atoms with Gasteiger partial charge in [-0.2, -0.15) is 5.10 Å². The van der Waals surface area contributed by atoms with Crippen LogP contribution in [0.15, 0.2) is 35.5 Å². The van der Waals surface area contributed by atoms with E-state index < -0.39 is 10.0 Å². The van der Waals surface area contributed by atoms with Gasteiger partial charge in [-0.05, 0) is 55.4 Å². The summed E-state index contributed by atoms with van der Waals surface area (Å²) < 4.78 is 35.0. The zero-order valence-corrected chi connectivity index (χ0v) is 14.3. The first kappa shape index (κ1) is 15.7. The second kappa shape index (κ2) is 6.22. The van der Waals surface area contributed by atoms with E-state index in [1.807, 2.05) is 12.1 Å². The summed E-state index contributed by atoms with van der Waals surface area (Å²) in [5.41, 5.74) is 2.91. The van der Waals surface area contributed by atoms with Crippen molar-refractivity contribution in [2.45, 2.75) is 43.0 Å². The fourth-order valence-corrected chi connectivity index (χ4v) is 4.49. The van der Waals surface area contributed by atoms with Crippen LogP contribution < -0.4 is 4.72 Å². The molecule has 2 heterocycles. The van der Waals surface area contributed by atoms with Gasteiger partial charge in [-0.25, -0.2) is 8.42 Å². The molecule has 0 spiro atoms. The van der Waals surface area contributed by atoms with Crippen molar-refractivity contribution in [2.24, 2.45) is 0 Å². The molecular formula is C17H21N3O3S. The van der Waals surface area contributed by atoms with E-state index in [2.05, 4.69) is 9.82 Å². The molecule has 4 rings (SSSR count). The van der Waals surface area contributed by atoms with E-state index in [1.165, 1.54) is 12.0 Å². The van der Waals surface area contributed by atoms with Gasteiger partial charge in [-0.15, -0.1) is 0 Å². The van der Waals surface area contributed by atoms with Crippen molar-refractivity contribution in [2.75, 3.05) is 17.9 Å². The number of nitrogens with one attached hydrogen (secondary N) is 1. The van der Waals surface area contributed by atoms with Crippen LogP contribution in [-0.2, 0) is 27.6 Å². The van der Waals surface area contributed by atoms with Crippen LogP contribution in [0, 0.1) is 0 Å². The van der Waals surface area contributed by atoms with Crippen LogP contribution in [0.3, 0.4) is 0 Å². The minimum atomic E-state index is -3.59. The highest BCUT2D eigenvalue weighted by atomic mass is 32.2. The van der Waals surface area contributed by atoms with Crippen LogP contribution in [0.1, 0.15) is 36.4 Å². The summed E-state index contributed by atoms with van der Waals surface area (Å²) in [5, 5.41) is 4.26. The molecule has 1 saturated heterocycles. The lowest BCUT2D eigenvalue weighted by Gasteiger charge is -2.16. The molecule has 1 atom stereocenters. The first-order valence-electron chi connectivity index (χ1n) is 8.38. The quantitative estimate of drug-likeness (QED) is 0.922. The maximum atomic E-state index is 12.6. The third-order valence-electron chi connectivity index (χ3n) is 4.76. The second-order valence-electron chi connectivity index (χ2n) is 6.47. The molecule has 2 aromatic rings. The topological polar surface area (TPSA) is 73.2 Å². The number of rotatable bonds is 4. The fraction of sp³-hybridized carbons (Fsp3) is 0.471. The van der Waals surface area contributed by atoms with Gasteiger partial charge in [0.15, 0.2) is 0 Å². The average Bonchev–Trinajstić information content (AvgIpc) is 3.25. The fourth-order valence-electron chi connectivity index (χ4n) is 3.41. The van der Waals surface area contributed by atoms with E-state index in [-0.39, 0.29) is 6.04 Å². The molecule has 1 unspecified atom stereocenters. The average molecular weight is 347 g/mol. The standard InChI is InChI=1S/C17H21N3O3S/c21-24(22,17-6-5-13-3-1-2-4-14(13)9-17)19-15-10-18-20(11-15)16-7-8-23-12-16/h5-6,9-11,16,19H,1-4,7-8,12H2. The lowest BCUT2D eigenvalue weighted by atomic mass is 9.92. The smallest absolute Gasteiger partial charge is 0.262 e. The van der Waals surface area contributed by atoms with Crippen LogP contribution in [0.2, 0.25) is 0 Å². The van der Waals surface area contributed by atoms with Gasteiger partial charge in [0, 0.05) is 12.8 Å². The zero-order valence-electron chi connectivity index (χ0n) is 13.4. The van der Waals surface area contributed by atoms with E-state index >= 15 is 0 Å². The summed E-state index contributed by atoms with van der Waals surface area (Å²) >= 11 is 0. The Morgan fingerprint density at radius 3 is 2.83 bits per heavy atom. The lowest BCUT2D eigenvalue weighted by Crippen LogP contribution is -2.14. The number of anilines is 1. The molecule has 0 amide bonds.